The normalized spacial score (nSPS) is 14.7. The fourth-order valence-corrected chi connectivity index (χ4v) is 1.36. The van der Waals surface area contributed by atoms with E-state index in [4.69, 9.17) is 4.74 Å². The number of ether oxygens (including phenoxy) is 2. The Morgan fingerprint density at radius 2 is 2.00 bits per heavy atom. The Balaban J connectivity index is 2.17. The highest BCUT2D eigenvalue weighted by molar-refractivity contribution is 5.91. The first kappa shape index (κ1) is 14.0. The van der Waals surface area contributed by atoms with Gasteiger partial charge in [0, 0.05) is 25.2 Å². The zero-order valence-corrected chi connectivity index (χ0v) is 10.2. The van der Waals surface area contributed by atoms with E-state index in [-0.39, 0.29) is 19.2 Å². The number of nitrogens with zero attached hydrogens (tertiary/aromatic N) is 1. The summed E-state index contributed by atoms with van der Waals surface area (Å²) >= 11 is 0. The molecule has 0 spiro atoms. The second kappa shape index (κ2) is 7.31. The zero-order chi connectivity index (χ0) is 13.4. The van der Waals surface area contributed by atoms with E-state index >= 15 is 0 Å². The second-order valence-electron chi connectivity index (χ2n) is 3.47. The standard InChI is InChI=1S/C11H16N2O5/c1-2-17-9(14)3-4-10(15)18-8-7-13-6-5-12-11(13)16/h3-4H,2,5-8H2,1H3,(H,12,16)/b4-3+. The molecular weight excluding hydrogens is 240 g/mol. The van der Waals surface area contributed by atoms with Gasteiger partial charge < -0.3 is 19.7 Å². The minimum atomic E-state index is -0.636. The predicted octanol–water partition coefficient (Wildman–Crippen LogP) is -0.326. The molecule has 0 saturated carbocycles. The van der Waals surface area contributed by atoms with Gasteiger partial charge in [-0.05, 0) is 6.92 Å². The molecule has 0 bridgehead atoms. The smallest absolute Gasteiger partial charge is 0.331 e. The van der Waals surface area contributed by atoms with Gasteiger partial charge in [0.15, 0.2) is 0 Å². The highest BCUT2D eigenvalue weighted by Crippen LogP contribution is 1.96. The van der Waals surface area contributed by atoms with Gasteiger partial charge in [-0.3, -0.25) is 0 Å². The van der Waals surface area contributed by atoms with Gasteiger partial charge >= 0.3 is 18.0 Å². The quantitative estimate of drug-likeness (QED) is 0.520. The Morgan fingerprint density at radius 3 is 2.56 bits per heavy atom. The molecule has 0 aromatic rings. The summed E-state index contributed by atoms with van der Waals surface area (Å²) in [5, 5.41) is 2.63. The minimum Gasteiger partial charge on any atom is -0.463 e. The first-order chi connectivity index (χ1) is 8.63. The third-order valence-electron chi connectivity index (χ3n) is 2.19. The topological polar surface area (TPSA) is 84.9 Å². The molecule has 1 rings (SSSR count). The summed E-state index contributed by atoms with van der Waals surface area (Å²) in [6, 6.07) is -0.159. The largest absolute Gasteiger partial charge is 0.463 e. The van der Waals surface area contributed by atoms with Crippen LogP contribution in [0.25, 0.3) is 0 Å². The monoisotopic (exact) mass is 256 g/mol. The third-order valence-corrected chi connectivity index (χ3v) is 2.19. The van der Waals surface area contributed by atoms with E-state index in [1.165, 1.54) is 0 Å². The number of amides is 2. The molecular formula is C11H16N2O5. The van der Waals surface area contributed by atoms with Crippen molar-refractivity contribution in [2.24, 2.45) is 0 Å². The summed E-state index contributed by atoms with van der Waals surface area (Å²) in [5.41, 5.74) is 0. The molecule has 1 fully saturated rings. The lowest BCUT2D eigenvalue weighted by Gasteiger charge is -2.12. The molecule has 1 saturated heterocycles. The van der Waals surface area contributed by atoms with Crippen LogP contribution in [0.4, 0.5) is 4.79 Å². The van der Waals surface area contributed by atoms with Crippen LogP contribution in [-0.2, 0) is 19.1 Å². The molecule has 7 heteroatoms. The molecule has 1 N–H and O–H groups in total. The average Bonchev–Trinajstić information content (AvgIpc) is 2.73. The molecule has 0 unspecified atom stereocenters. The van der Waals surface area contributed by atoms with E-state index in [2.05, 4.69) is 10.1 Å². The molecule has 0 aliphatic carbocycles. The Hall–Kier alpha value is -2.05. The van der Waals surface area contributed by atoms with Crippen LogP contribution in [0, 0.1) is 0 Å². The minimum absolute atomic E-state index is 0.0966. The first-order valence-corrected chi connectivity index (χ1v) is 5.68. The van der Waals surface area contributed by atoms with Crippen LogP contribution >= 0.6 is 0 Å². The molecule has 1 aliphatic rings. The Morgan fingerprint density at radius 1 is 1.33 bits per heavy atom. The first-order valence-electron chi connectivity index (χ1n) is 5.68. The summed E-state index contributed by atoms with van der Waals surface area (Å²) in [5.74, 6) is -1.23. The molecule has 7 nitrogen and oxygen atoms in total. The molecule has 0 aromatic carbocycles. The van der Waals surface area contributed by atoms with Crippen molar-refractivity contribution < 1.29 is 23.9 Å². The van der Waals surface area contributed by atoms with E-state index in [1.54, 1.807) is 11.8 Å². The number of carbonyl (C=O) groups is 3. The molecule has 1 heterocycles. The highest BCUT2D eigenvalue weighted by atomic mass is 16.5. The summed E-state index contributed by atoms with van der Waals surface area (Å²) in [4.78, 5) is 34.7. The van der Waals surface area contributed by atoms with Crippen molar-refractivity contribution in [2.75, 3.05) is 32.8 Å². The predicted molar refractivity (Wildman–Crippen MR) is 61.7 cm³/mol. The lowest BCUT2D eigenvalue weighted by molar-refractivity contribution is -0.140. The fraction of sp³-hybridized carbons (Fsp3) is 0.545. The molecule has 0 aromatic heterocycles. The third kappa shape index (κ3) is 4.86. The van der Waals surface area contributed by atoms with E-state index in [0.717, 1.165) is 12.2 Å². The van der Waals surface area contributed by atoms with E-state index in [9.17, 15) is 14.4 Å². The van der Waals surface area contributed by atoms with Crippen molar-refractivity contribution in [3.63, 3.8) is 0 Å². The van der Waals surface area contributed by atoms with Gasteiger partial charge in [-0.2, -0.15) is 0 Å². The number of rotatable bonds is 6. The van der Waals surface area contributed by atoms with Crippen molar-refractivity contribution in [1.29, 1.82) is 0 Å². The van der Waals surface area contributed by atoms with Crippen molar-refractivity contribution in [2.45, 2.75) is 6.92 Å². The SMILES string of the molecule is CCOC(=O)/C=C/C(=O)OCCN1CCNC1=O. The van der Waals surface area contributed by atoms with Gasteiger partial charge in [0.25, 0.3) is 0 Å². The lowest BCUT2D eigenvalue weighted by Crippen LogP contribution is -2.31. The van der Waals surface area contributed by atoms with E-state index in [0.29, 0.717) is 19.6 Å². The molecule has 1 aliphatic heterocycles. The van der Waals surface area contributed by atoms with Gasteiger partial charge in [0.1, 0.15) is 6.61 Å². The summed E-state index contributed by atoms with van der Waals surface area (Å²) in [6.07, 6.45) is 2.01. The Labute approximate surface area is 105 Å². The zero-order valence-electron chi connectivity index (χ0n) is 10.2. The van der Waals surface area contributed by atoms with Crippen LogP contribution in [0.3, 0.4) is 0 Å². The van der Waals surface area contributed by atoms with Crippen molar-refractivity contribution in [1.82, 2.24) is 10.2 Å². The molecule has 2 amide bonds. The van der Waals surface area contributed by atoms with Gasteiger partial charge in [-0.15, -0.1) is 0 Å². The Bertz CT molecular complexity index is 353. The van der Waals surface area contributed by atoms with Gasteiger partial charge in [-0.25, -0.2) is 14.4 Å². The van der Waals surface area contributed by atoms with E-state index in [1.807, 2.05) is 0 Å². The van der Waals surface area contributed by atoms with Crippen molar-refractivity contribution >= 4 is 18.0 Å². The van der Waals surface area contributed by atoms with Crippen LogP contribution in [-0.4, -0.2) is 55.7 Å². The van der Waals surface area contributed by atoms with Crippen LogP contribution in [0.15, 0.2) is 12.2 Å². The van der Waals surface area contributed by atoms with Crippen molar-refractivity contribution in [3.8, 4) is 0 Å². The summed E-state index contributed by atoms with van der Waals surface area (Å²) < 4.78 is 9.42. The maximum absolute atomic E-state index is 11.2. The Kier molecular flexibility index (Phi) is 5.69. The number of urea groups is 1. The number of carbonyl (C=O) groups excluding carboxylic acids is 3. The maximum atomic E-state index is 11.2. The number of esters is 2. The molecule has 100 valence electrons. The van der Waals surface area contributed by atoms with Gasteiger partial charge in [-0.1, -0.05) is 0 Å². The van der Waals surface area contributed by atoms with Crippen LogP contribution in [0.2, 0.25) is 0 Å². The van der Waals surface area contributed by atoms with Crippen LogP contribution < -0.4 is 5.32 Å². The lowest BCUT2D eigenvalue weighted by atomic mass is 10.5. The number of nitrogens with one attached hydrogen (secondary N) is 1. The van der Waals surface area contributed by atoms with Gasteiger partial charge in [0.2, 0.25) is 0 Å². The van der Waals surface area contributed by atoms with Crippen LogP contribution in [0.1, 0.15) is 6.92 Å². The molecule has 0 atom stereocenters. The number of hydrogen-bond donors (Lipinski definition) is 1. The van der Waals surface area contributed by atoms with Gasteiger partial charge in [0.05, 0.1) is 13.2 Å². The second-order valence-corrected chi connectivity index (χ2v) is 3.47. The molecule has 0 radical (unpaired) electrons. The van der Waals surface area contributed by atoms with Crippen molar-refractivity contribution in [3.05, 3.63) is 12.2 Å². The van der Waals surface area contributed by atoms with Crippen LogP contribution in [0.5, 0.6) is 0 Å². The average molecular weight is 256 g/mol. The summed E-state index contributed by atoms with van der Waals surface area (Å²) in [7, 11) is 0. The summed E-state index contributed by atoms with van der Waals surface area (Å²) in [6.45, 7) is 3.57. The fourth-order valence-electron chi connectivity index (χ4n) is 1.36. The highest BCUT2D eigenvalue weighted by Gasteiger charge is 2.18. The van der Waals surface area contributed by atoms with E-state index < -0.39 is 11.9 Å². The maximum Gasteiger partial charge on any atom is 0.331 e. The molecule has 18 heavy (non-hydrogen) atoms. The number of hydrogen-bond acceptors (Lipinski definition) is 5.